The molecule has 0 amide bonds. The van der Waals surface area contributed by atoms with Crippen molar-refractivity contribution in [1.29, 1.82) is 0 Å². The Morgan fingerprint density at radius 3 is 1.89 bits per heavy atom. The minimum Gasteiger partial charge on any atom is -0.453 e. The van der Waals surface area contributed by atoms with Crippen molar-refractivity contribution in [3.63, 3.8) is 0 Å². The number of benzene rings is 1. The number of ether oxygens (including phenoxy) is 2. The zero-order valence-electron chi connectivity index (χ0n) is 12.0. The van der Waals surface area contributed by atoms with Crippen molar-refractivity contribution in [1.82, 2.24) is 0 Å². The Labute approximate surface area is 118 Å². The monoisotopic (exact) mass is 312 g/mol. The highest BCUT2D eigenvalue weighted by atomic mass is 79.9. The van der Waals surface area contributed by atoms with Gasteiger partial charge in [0.1, 0.15) is 0 Å². The fourth-order valence-corrected chi connectivity index (χ4v) is 3.14. The molecule has 1 aliphatic heterocycles. The lowest BCUT2D eigenvalue weighted by Crippen LogP contribution is -2.17. The first kappa shape index (κ1) is 13.7. The van der Waals surface area contributed by atoms with Crippen LogP contribution in [0.3, 0.4) is 0 Å². The highest BCUT2D eigenvalue weighted by molar-refractivity contribution is 9.10. The number of halogens is 1. The largest absolute Gasteiger partial charge is 0.453 e. The predicted octanol–water partition coefficient (Wildman–Crippen LogP) is 4.77. The van der Waals surface area contributed by atoms with Crippen molar-refractivity contribution in [3.8, 4) is 11.5 Å². The van der Waals surface area contributed by atoms with Gasteiger partial charge in [-0.25, -0.2) is 0 Å². The first-order chi connectivity index (χ1) is 8.12. The average molecular weight is 313 g/mol. The highest BCUT2D eigenvalue weighted by Gasteiger charge is 2.32. The second-order valence-corrected chi connectivity index (χ2v) is 7.64. The smallest absolute Gasteiger partial charge is 0.231 e. The second-order valence-electron chi connectivity index (χ2n) is 6.85. The Bertz CT molecular complexity index is 479. The van der Waals surface area contributed by atoms with Gasteiger partial charge < -0.3 is 9.47 Å². The maximum Gasteiger partial charge on any atom is 0.231 e. The molecule has 0 fully saturated rings. The molecule has 0 bridgehead atoms. The average Bonchev–Trinajstić information content (AvgIpc) is 2.62. The second kappa shape index (κ2) is 4.16. The molecule has 3 heteroatoms. The molecule has 0 N–H and O–H groups in total. The molecule has 0 spiro atoms. The topological polar surface area (TPSA) is 18.5 Å². The van der Waals surface area contributed by atoms with Crippen LogP contribution >= 0.6 is 15.9 Å². The van der Waals surface area contributed by atoms with Crippen LogP contribution in [0.2, 0.25) is 0 Å². The molecule has 1 heterocycles. The summed E-state index contributed by atoms with van der Waals surface area (Å²) in [6, 6.07) is 2.25. The molecule has 0 radical (unpaired) electrons. The molecule has 0 aromatic heterocycles. The van der Waals surface area contributed by atoms with E-state index in [2.05, 4.69) is 63.5 Å². The zero-order valence-corrected chi connectivity index (χ0v) is 13.6. The number of hydrogen-bond donors (Lipinski definition) is 0. The van der Waals surface area contributed by atoms with E-state index in [9.17, 15) is 0 Å². The molecule has 2 rings (SSSR count). The molecular weight excluding hydrogens is 292 g/mol. The molecule has 0 aliphatic carbocycles. The lowest BCUT2D eigenvalue weighted by molar-refractivity contribution is 0.172. The quantitative estimate of drug-likeness (QED) is 0.687. The van der Waals surface area contributed by atoms with E-state index in [1.54, 1.807) is 0 Å². The van der Waals surface area contributed by atoms with Crippen LogP contribution in [0.15, 0.2) is 10.5 Å². The fraction of sp³-hybridized carbons (Fsp3) is 0.600. The summed E-state index contributed by atoms with van der Waals surface area (Å²) >= 11 is 3.66. The van der Waals surface area contributed by atoms with Crippen molar-refractivity contribution in [2.24, 2.45) is 0 Å². The van der Waals surface area contributed by atoms with E-state index in [0.717, 1.165) is 16.0 Å². The van der Waals surface area contributed by atoms with Gasteiger partial charge in [-0.1, -0.05) is 41.5 Å². The molecule has 0 saturated carbocycles. The third-order valence-corrected chi connectivity index (χ3v) is 3.99. The van der Waals surface area contributed by atoms with Gasteiger partial charge in [-0.15, -0.1) is 0 Å². The van der Waals surface area contributed by atoms with Crippen molar-refractivity contribution in [2.45, 2.75) is 52.4 Å². The van der Waals surface area contributed by atoms with Gasteiger partial charge in [0.2, 0.25) is 6.79 Å². The summed E-state index contributed by atoms with van der Waals surface area (Å²) in [6.07, 6.45) is 0. The first-order valence-corrected chi connectivity index (χ1v) is 7.04. The van der Waals surface area contributed by atoms with E-state index < -0.39 is 0 Å². The predicted molar refractivity (Wildman–Crippen MR) is 77.7 cm³/mol. The van der Waals surface area contributed by atoms with Crippen LogP contribution in [-0.2, 0) is 10.8 Å². The summed E-state index contributed by atoms with van der Waals surface area (Å²) < 4.78 is 12.3. The van der Waals surface area contributed by atoms with Gasteiger partial charge in [-0.2, -0.15) is 0 Å². The van der Waals surface area contributed by atoms with Gasteiger partial charge in [-0.3, -0.25) is 0 Å². The summed E-state index contributed by atoms with van der Waals surface area (Å²) in [5.74, 6) is 1.75. The third-order valence-electron chi connectivity index (χ3n) is 3.20. The SMILES string of the molecule is CC(C)(C)c1cc(C(C)(C)C)c2c(c1Br)OCO2. The molecule has 2 nitrogen and oxygen atoms in total. The maximum atomic E-state index is 5.65. The molecule has 1 aromatic carbocycles. The highest BCUT2D eigenvalue weighted by Crippen LogP contribution is 2.49. The Kier molecular flexibility index (Phi) is 3.17. The van der Waals surface area contributed by atoms with E-state index in [0.29, 0.717) is 6.79 Å². The van der Waals surface area contributed by atoms with Crippen LogP contribution < -0.4 is 9.47 Å². The molecule has 0 unspecified atom stereocenters. The zero-order chi connectivity index (χ0) is 13.7. The van der Waals surface area contributed by atoms with Crippen molar-refractivity contribution >= 4 is 15.9 Å². The summed E-state index contributed by atoms with van der Waals surface area (Å²) in [7, 11) is 0. The van der Waals surface area contributed by atoms with Crippen LogP contribution in [0.5, 0.6) is 11.5 Å². The van der Waals surface area contributed by atoms with Crippen molar-refractivity contribution in [3.05, 3.63) is 21.7 Å². The van der Waals surface area contributed by atoms with Crippen molar-refractivity contribution in [2.75, 3.05) is 6.79 Å². The van der Waals surface area contributed by atoms with E-state index in [4.69, 9.17) is 9.47 Å². The molecule has 1 aliphatic rings. The Morgan fingerprint density at radius 1 is 0.889 bits per heavy atom. The summed E-state index contributed by atoms with van der Waals surface area (Å²) in [5, 5.41) is 0. The summed E-state index contributed by atoms with van der Waals surface area (Å²) in [5.41, 5.74) is 2.58. The number of hydrogen-bond acceptors (Lipinski definition) is 2. The molecule has 1 aromatic rings. The van der Waals surface area contributed by atoms with Gasteiger partial charge in [0.15, 0.2) is 11.5 Å². The lowest BCUT2D eigenvalue weighted by atomic mass is 9.80. The minimum absolute atomic E-state index is 0.0402. The van der Waals surface area contributed by atoms with Crippen LogP contribution in [0, 0.1) is 0 Å². The van der Waals surface area contributed by atoms with Gasteiger partial charge >= 0.3 is 0 Å². The Morgan fingerprint density at radius 2 is 1.39 bits per heavy atom. The van der Waals surface area contributed by atoms with Gasteiger partial charge in [0.25, 0.3) is 0 Å². The number of rotatable bonds is 0. The standard InChI is InChI=1S/C15H21BrO2/c1-14(2,3)9-7-10(15(4,5)6)12-13(11(9)16)18-8-17-12/h7H,8H2,1-6H3. The maximum absolute atomic E-state index is 5.65. The lowest BCUT2D eigenvalue weighted by Gasteiger charge is -2.27. The van der Waals surface area contributed by atoms with Crippen molar-refractivity contribution < 1.29 is 9.47 Å². The van der Waals surface area contributed by atoms with E-state index >= 15 is 0 Å². The van der Waals surface area contributed by atoms with Crippen LogP contribution in [0.1, 0.15) is 52.7 Å². The first-order valence-electron chi connectivity index (χ1n) is 6.25. The molecule has 100 valence electrons. The van der Waals surface area contributed by atoms with Crippen LogP contribution in [0.25, 0.3) is 0 Å². The van der Waals surface area contributed by atoms with E-state index in [1.807, 2.05) is 0 Å². The Hall–Kier alpha value is -0.700. The number of fused-ring (bicyclic) bond motifs is 1. The molecular formula is C15H21BrO2. The molecule has 0 saturated heterocycles. The van der Waals surface area contributed by atoms with Gasteiger partial charge in [-0.05, 0) is 38.4 Å². The third kappa shape index (κ3) is 2.25. The molecule has 18 heavy (non-hydrogen) atoms. The van der Waals surface area contributed by atoms with Crippen LogP contribution in [0.4, 0.5) is 0 Å². The fourth-order valence-electron chi connectivity index (χ4n) is 2.14. The van der Waals surface area contributed by atoms with E-state index in [-0.39, 0.29) is 10.8 Å². The minimum atomic E-state index is 0.0402. The van der Waals surface area contributed by atoms with Crippen LogP contribution in [-0.4, -0.2) is 6.79 Å². The normalized spacial score (nSPS) is 15.1. The van der Waals surface area contributed by atoms with Gasteiger partial charge in [0.05, 0.1) is 4.47 Å². The van der Waals surface area contributed by atoms with Gasteiger partial charge in [0, 0.05) is 5.56 Å². The summed E-state index contributed by atoms with van der Waals surface area (Å²) in [4.78, 5) is 0. The summed E-state index contributed by atoms with van der Waals surface area (Å²) in [6.45, 7) is 13.5. The molecule has 0 atom stereocenters. The van der Waals surface area contributed by atoms with E-state index in [1.165, 1.54) is 11.1 Å². The Balaban J connectivity index is 2.73.